The van der Waals surface area contributed by atoms with Gasteiger partial charge >= 0.3 is 0 Å². The summed E-state index contributed by atoms with van der Waals surface area (Å²) < 4.78 is 0. The van der Waals surface area contributed by atoms with Gasteiger partial charge in [0.25, 0.3) is 0 Å². The molecule has 2 rings (SSSR count). The molecule has 0 bridgehead atoms. The standard InChI is InChI=1S/C14H19N2O2.Y/c17-9-8-16-6-4-12(5-7-16)13-2-1-3-14(10-13)15-11-18;/h1-3,10,12,17H,4-9H2,(H,15,18);/q-1;. The van der Waals surface area contributed by atoms with Crippen molar-refractivity contribution in [3.63, 3.8) is 0 Å². The van der Waals surface area contributed by atoms with E-state index in [4.69, 9.17) is 5.11 Å². The van der Waals surface area contributed by atoms with Crippen molar-refractivity contribution in [3.8, 4) is 0 Å². The van der Waals surface area contributed by atoms with Crippen molar-refractivity contribution in [2.24, 2.45) is 0 Å². The van der Waals surface area contributed by atoms with E-state index >= 15 is 0 Å². The molecular formula is C14H19N2O2Y-. The fourth-order valence-electron chi connectivity index (χ4n) is 2.56. The first kappa shape index (κ1) is 16.8. The van der Waals surface area contributed by atoms with Gasteiger partial charge in [0, 0.05) is 39.3 Å². The van der Waals surface area contributed by atoms with Crippen LogP contribution in [0.15, 0.2) is 24.3 Å². The normalized spacial score (nSPS) is 16.7. The maximum atomic E-state index is 10.3. The minimum Gasteiger partial charge on any atom is -0.490 e. The Bertz CT molecular complexity index is 393. The van der Waals surface area contributed by atoms with Gasteiger partial charge in [0.1, 0.15) is 0 Å². The zero-order valence-electron chi connectivity index (χ0n) is 11.0. The molecule has 5 heteroatoms. The average Bonchev–Trinajstić information content (AvgIpc) is 2.41. The Kier molecular flexibility index (Phi) is 7.77. The first-order valence-electron chi connectivity index (χ1n) is 6.40. The van der Waals surface area contributed by atoms with E-state index in [1.165, 1.54) is 5.56 Å². The molecule has 1 amide bonds. The fraction of sp³-hybridized carbons (Fsp3) is 0.500. The molecule has 0 atom stereocenters. The van der Waals surface area contributed by atoms with Gasteiger partial charge in [-0.1, -0.05) is 17.7 Å². The topological polar surface area (TPSA) is 52.6 Å². The smallest absolute Gasteiger partial charge is 0.0692 e. The second kappa shape index (κ2) is 8.80. The molecule has 1 saturated heterocycles. The summed E-state index contributed by atoms with van der Waals surface area (Å²) in [4.78, 5) is 12.6. The van der Waals surface area contributed by atoms with E-state index < -0.39 is 0 Å². The van der Waals surface area contributed by atoms with Crippen LogP contribution >= 0.6 is 0 Å². The van der Waals surface area contributed by atoms with Gasteiger partial charge in [0.05, 0.1) is 13.0 Å². The van der Waals surface area contributed by atoms with Gasteiger partial charge in [0.2, 0.25) is 0 Å². The number of anilines is 1. The van der Waals surface area contributed by atoms with Crippen LogP contribution in [0.25, 0.3) is 0 Å². The van der Waals surface area contributed by atoms with Crippen LogP contribution in [0.1, 0.15) is 24.3 Å². The first-order valence-corrected chi connectivity index (χ1v) is 6.40. The molecule has 0 spiro atoms. The van der Waals surface area contributed by atoms with E-state index in [1.807, 2.05) is 18.2 Å². The molecule has 0 unspecified atom stereocenters. The molecule has 2 N–H and O–H groups in total. The van der Waals surface area contributed by atoms with Gasteiger partial charge in [-0.05, 0) is 31.8 Å². The Balaban J connectivity index is 0.00000180. The second-order valence-electron chi connectivity index (χ2n) is 4.69. The predicted octanol–water partition coefficient (Wildman–Crippen LogP) is 1.33. The molecule has 1 radical (unpaired) electrons. The Morgan fingerprint density at radius 2 is 2.11 bits per heavy atom. The van der Waals surface area contributed by atoms with Crippen LogP contribution in [0.3, 0.4) is 0 Å². The van der Waals surface area contributed by atoms with Gasteiger partial charge in [-0.25, -0.2) is 0 Å². The van der Waals surface area contributed by atoms with E-state index in [1.54, 1.807) is 6.41 Å². The first-order chi connectivity index (χ1) is 8.83. The summed E-state index contributed by atoms with van der Waals surface area (Å²) in [5.41, 5.74) is 2.08. The van der Waals surface area contributed by atoms with E-state index in [-0.39, 0.29) is 39.3 Å². The fourth-order valence-corrected chi connectivity index (χ4v) is 2.56. The zero-order chi connectivity index (χ0) is 12.8. The van der Waals surface area contributed by atoms with Crippen LogP contribution in [-0.4, -0.2) is 42.7 Å². The third kappa shape index (κ3) is 4.95. The Labute approximate surface area is 139 Å². The summed E-state index contributed by atoms with van der Waals surface area (Å²) in [6.07, 6.45) is 3.91. The molecule has 0 aromatic heterocycles. The predicted molar refractivity (Wildman–Crippen MR) is 71.3 cm³/mol. The van der Waals surface area contributed by atoms with Crippen molar-refractivity contribution in [1.29, 1.82) is 0 Å². The number of hydrogen-bond donors (Lipinski definition) is 2. The number of aliphatic hydroxyl groups is 1. The molecule has 1 aliphatic heterocycles. The number of aliphatic hydroxyl groups excluding tert-OH is 1. The number of hydrogen-bond acceptors (Lipinski definition) is 3. The molecule has 19 heavy (non-hydrogen) atoms. The van der Waals surface area contributed by atoms with Crippen LogP contribution in [0.2, 0.25) is 0 Å². The van der Waals surface area contributed by atoms with Gasteiger partial charge in [-0.2, -0.15) is 0 Å². The van der Waals surface area contributed by atoms with Crippen molar-refractivity contribution < 1.29 is 42.6 Å². The van der Waals surface area contributed by atoms with Crippen LogP contribution in [0.5, 0.6) is 0 Å². The molecule has 0 aliphatic carbocycles. The molecule has 4 nitrogen and oxygen atoms in total. The average molecular weight is 336 g/mol. The monoisotopic (exact) mass is 336 g/mol. The summed E-state index contributed by atoms with van der Waals surface area (Å²) in [5, 5.41) is 11.5. The number of nitrogens with one attached hydrogen (secondary N) is 1. The number of rotatable bonds is 5. The molecule has 1 aliphatic rings. The summed E-state index contributed by atoms with van der Waals surface area (Å²) in [5.74, 6) is 0.549. The summed E-state index contributed by atoms with van der Waals surface area (Å²) in [7, 11) is 0. The number of amides is 1. The Hall–Kier alpha value is -0.286. The van der Waals surface area contributed by atoms with Crippen LogP contribution in [0, 0.1) is 0 Å². The molecule has 1 aromatic rings. The number of β-amino-alcohol motifs (C(OH)–C–C–N with tert-alkyl or cyclic N) is 1. The van der Waals surface area contributed by atoms with E-state index in [0.717, 1.165) is 38.2 Å². The minimum atomic E-state index is 0. The van der Waals surface area contributed by atoms with E-state index in [0.29, 0.717) is 5.92 Å². The summed E-state index contributed by atoms with van der Waals surface area (Å²) in [6.45, 7) is 3.07. The van der Waals surface area contributed by atoms with Crippen LogP contribution in [0.4, 0.5) is 5.69 Å². The van der Waals surface area contributed by atoms with Crippen molar-refractivity contribution in [1.82, 2.24) is 4.90 Å². The molecule has 1 heterocycles. The van der Waals surface area contributed by atoms with Gasteiger partial charge in [-0.3, -0.25) is 0 Å². The van der Waals surface area contributed by atoms with Crippen molar-refractivity contribution >= 4 is 12.1 Å². The number of benzene rings is 1. The zero-order valence-corrected chi connectivity index (χ0v) is 13.8. The van der Waals surface area contributed by atoms with Crippen LogP contribution in [-0.2, 0) is 37.5 Å². The number of nitrogens with zero attached hydrogens (tertiary/aromatic N) is 1. The molecule has 101 valence electrons. The van der Waals surface area contributed by atoms with Gasteiger partial charge in [-0.15, -0.1) is 17.8 Å². The number of likely N-dealkylation sites (tertiary alicyclic amines) is 1. The minimum absolute atomic E-state index is 0. The van der Waals surface area contributed by atoms with E-state index in [2.05, 4.69) is 16.3 Å². The van der Waals surface area contributed by atoms with E-state index in [9.17, 15) is 4.79 Å². The summed E-state index contributed by atoms with van der Waals surface area (Å²) >= 11 is 0. The van der Waals surface area contributed by atoms with Crippen molar-refractivity contribution in [2.75, 3.05) is 31.6 Å². The van der Waals surface area contributed by atoms with Crippen molar-refractivity contribution in [3.05, 3.63) is 29.8 Å². The maximum Gasteiger partial charge on any atom is 0.0692 e. The largest absolute Gasteiger partial charge is 0.490 e. The Morgan fingerprint density at radius 3 is 2.74 bits per heavy atom. The number of carbonyl (C=O) groups excluding carboxylic acids is 1. The number of piperidine rings is 1. The maximum absolute atomic E-state index is 10.3. The third-order valence-electron chi connectivity index (χ3n) is 3.56. The van der Waals surface area contributed by atoms with Gasteiger partial charge < -0.3 is 20.1 Å². The van der Waals surface area contributed by atoms with Crippen LogP contribution < -0.4 is 5.32 Å². The molecule has 1 aromatic carbocycles. The molecular weight excluding hydrogens is 317 g/mol. The SMILES string of the molecule is O=[C-]Nc1cccc(C2CCN(CCO)CC2)c1.[Y]. The summed E-state index contributed by atoms with van der Waals surface area (Å²) in [6, 6.07) is 7.98. The second-order valence-corrected chi connectivity index (χ2v) is 4.69. The third-order valence-corrected chi connectivity index (χ3v) is 3.56. The molecule has 0 saturated carbocycles. The van der Waals surface area contributed by atoms with Crippen molar-refractivity contribution in [2.45, 2.75) is 18.8 Å². The Morgan fingerprint density at radius 1 is 1.37 bits per heavy atom. The quantitative estimate of drug-likeness (QED) is 0.630. The van der Waals surface area contributed by atoms with Gasteiger partial charge in [0.15, 0.2) is 0 Å². The molecule has 1 fully saturated rings.